The Balaban J connectivity index is 2.21. The summed E-state index contributed by atoms with van der Waals surface area (Å²) in [7, 11) is 0. The van der Waals surface area contributed by atoms with Crippen LogP contribution in [0, 0.1) is 13.8 Å². The van der Waals surface area contributed by atoms with Crippen molar-refractivity contribution in [1.82, 2.24) is 0 Å². The van der Waals surface area contributed by atoms with Crippen LogP contribution in [0.5, 0.6) is 5.75 Å². The number of aromatic hydroxyl groups is 1. The maximum absolute atomic E-state index is 10.4. The quantitative estimate of drug-likeness (QED) is 0.800. The van der Waals surface area contributed by atoms with Gasteiger partial charge in [0.2, 0.25) is 0 Å². The largest absolute Gasteiger partial charge is 0.508 e. The van der Waals surface area contributed by atoms with Crippen LogP contribution < -0.4 is 5.73 Å². The van der Waals surface area contributed by atoms with Crippen molar-refractivity contribution in [2.45, 2.75) is 32.4 Å². The number of aliphatic hydroxyl groups is 1. The van der Waals surface area contributed by atoms with Gasteiger partial charge in [-0.05, 0) is 48.2 Å². The number of phenols is 1. The van der Waals surface area contributed by atoms with Gasteiger partial charge in [-0.3, -0.25) is 0 Å². The molecule has 20 heavy (non-hydrogen) atoms. The summed E-state index contributed by atoms with van der Waals surface area (Å²) in [6.45, 7) is 3.80. The molecule has 0 aliphatic carbocycles. The van der Waals surface area contributed by atoms with E-state index in [0.717, 1.165) is 22.3 Å². The van der Waals surface area contributed by atoms with Gasteiger partial charge in [-0.1, -0.05) is 30.3 Å². The van der Waals surface area contributed by atoms with Gasteiger partial charge in [-0.2, -0.15) is 0 Å². The summed E-state index contributed by atoms with van der Waals surface area (Å²) < 4.78 is 0. The molecule has 0 fully saturated rings. The molecule has 0 heterocycles. The zero-order chi connectivity index (χ0) is 14.7. The molecule has 0 saturated carbocycles. The van der Waals surface area contributed by atoms with Crippen LogP contribution in [-0.2, 0) is 6.42 Å². The first kappa shape index (κ1) is 14.6. The summed E-state index contributed by atoms with van der Waals surface area (Å²) in [5, 5.41) is 19.9. The Kier molecular flexibility index (Phi) is 4.42. The highest BCUT2D eigenvalue weighted by Gasteiger charge is 2.21. The van der Waals surface area contributed by atoms with Crippen molar-refractivity contribution in [2.75, 3.05) is 0 Å². The van der Waals surface area contributed by atoms with Gasteiger partial charge in [0.05, 0.1) is 12.1 Å². The molecule has 0 spiro atoms. The molecule has 0 aliphatic heterocycles. The van der Waals surface area contributed by atoms with Gasteiger partial charge in [0.15, 0.2) is 0 Å². The van der Waals surface area contributed by atoms with E-state index in [4.69, 9.17) is 5.73 Å². The number of nitrogens with two attached hydrogens (primary N) is 1. The van der Waals surface area contributed by atoms with Crippen molar-refractivity contribution in [2.24, 2.45) is 5.73 Å². The molecule has 0 bridgehead atoms. The van der Waals surface area contributed by atoms with E-state index in [1.165, 1.54) is 0 Å². The lowest BCUT2D eigenvalue weighted by Gasteiger charge is -2.23. The summed E-state index contributed by atoms with van der Waals surface area (Å²) in [4.78, 5) is 0. The third kappa shape index (κ3) is 3.18. The first-order valence-electron chi connectivity index (χ1n) is 6.76. The van der Waals surface area contributed by atoms with Crippen LogP contribution in [0.25, 0.3) is 0 Å². The van der Waals surface area contributed by atoms with Crippen LogP contribution >= 0.6 is 0 Å². The average Bonchev–Trinajstić information content (AvgIpc) is 2.38. The molecule has 3 heteroatoms. The van der Waals surface area contributed by atoms with Gasteiger partial charge in [-0.25, -0.2) is 0 Å². The topological polar surface area (TPSA) is 66.5 Å². The first-order valence-corrected chi connectivity index (χ1v) is 6.76. The highest BCUT2D eigenvalue weighted by molar-refractivity contribution is 5.42. The predicted molar refractivity (Wildman–Crippen MR) is 80.7 cm³/mol. The van der Waals surface area contributed by atoms with Crippen LogP contribution in [0.2, 0.25) is 0 Å². The minimum absolute atomic E-state index is 0.230. The van der Waals surface area contributed by atoms with Crippen molar-refractivity contribution >= 4 is 0 Å². The Bertz CT molecular complexity index is 558. The number of phenolic OH excluding ortho intramolecular Hbond substituents is 1. The number of hydrogen-bond donors (Lipinski definition) is 3. The highest BCUT2D eigenvalue weighted by Crippen LogP contribution is 2.27. The molecular weight excluding hydrogens is 250 g/mol. The summed E-state index contributed by atoms with van der Waals surface area (Å²) in [6, 6.07) is 12.7. The lowest BCUT2D eigenvalue weighted by atomic mass is 9.90. The standard InChI is InChI=1S/C17H21NO2/c1-11-8-14(19)9-12(2)16(11)17(18)15(20)10-13-6-4-3-5-7-13/h3-9,15,17,19-20H,10,18H2,1-2H3/t15-,17-/m0/s1. The molecule has 3 nitrogen and oxygen atoms in total. The molecule has 0 amide bonds. The maximum atomic E-state index is 10.4. The molecule has 2 aromatic rings. The molecule has 4 N–H and O–H groups in total. The van der Waals surface area contributed by atoms with Crippen LogP contribution in [0.4, 0.5) is 0 Å². The molecular formula is C17H21NO2. The third-order valence-electron chi connectivity index (χ3n) is 3.61. The second kappa shape index (κ2) is 6.07. The van der Waals surface area contributed by atoms with Gasteiger partial charge in [-0.15, -0.1) is 0 Å². The molecule has 0 unspecified atom stereocenters. The Hall–Kier alpha value is -1.84. The minimum Gasteiger partial charge on any atom is -0.508 e. The van der Waals surface area contributed by atoms with Gasteiger partial charge in [0.1, 0.15) is 5.75 Å². The monoisotopic (exact) mass is 271 g/mol. The van der Waals surface area contributed by atoms with Crippen molar-refractivity contribution in [3.63, 3.8) is 0 Å². The van der Waals surface area contributed by atoms with Crippen LogP contribution in [0.3, 0.4) is 0 Å². The zero-order valence-corrected chi connectivity index (χ0v) is 11.9. The van der Waals surface area contributed by atoms with E-state index in [9.17, 15) is 10.2 Å². The summed E-state index contributed by atoms with van der Waals surface area (Å²) in [5.74, 6) is 0.230. The lowest BCUT2D eigenvalue weighted by Crippen LogP contribution is -2.29. The van der Waals surface area contributed by atoms with Gasteiger partial charge in [0, 0.05) is 6.42 Å². The van der Waals surface area contributed by atoms with Crippen molar-refractivity contribution in [3.05, 3.63) is 64.7 Å². The number of rotatable bonds is 4. The van der Waals surface area contributed by atoms with E-state index in [1.54, 1.807) is 12.1 Å². The fourth-order valence-corrected chi connectivity index (χ4v) is 2.65. The van der Waals surface area contributed by atoms with E-state index >= 15 is 0 Å². The second-order valence-corrected chi connectivity index (χ2v) is 5.28. The lowest BCUT2D eigenvalue weighted by molar-refractivity contribution is 0.144. The summed E-state index contributed by atoms with van der Waals surface area (Å²) in [6.07, 6.45) is -0.138. The number of aliphatic hydroxyl groups excluding tert-OH is 1. The molecule has 0 aromatic heterocycles. The number of hydrogen-bond acceptors (Lipinski definition) is 3. The summed E-state index contributed by atoms with van der Waals surface area (Å²) in [5.41, 5.74) is 9.98. The fraction of sp³-hybridized carbons (Fsp3) is 0.294. The Morgan fingerprint density at radius 3 is 2.15 bits per heavy atom. The van der Waals surface area contributed by atoms with Gasteiger partial charge in [0.25, 0.3) is 0 Å². The Labute approximate surface area is 119 Å². The second-order valence-electron chi connectivity index (χ2n) is 5.28. The molecule has 0 radical (unpaired) electrons. The third-order valence-corrected chi connectivity index (χ3v) is 3.61. The van der Waals surface area contributed by atoms with Gasteiger partial charge >= 0.3 is 0 Å². The predicted octanol–water partition coefficient (Wildman–Crippen LogP) is 2.61. The van der Waals surface area contributed by atoms with E-state index in [-0.39, 0.29) is 5.75 Å². The maximum Gasteiger partial charge on any atom is 0.116 e. The molecule has 2 aromatic carbocycles. The molecule has 106 valence electrons. The fourth-order valence-electron chi connectivity index (χ4n) is 2.65. The minimum atomic E-state index is -0.653. The Morgan fingerprint density at radius 2 is 1.60 bits per heavy atom. The van der Waals surface area contributed by atoms with Crippen molar-refractivity contribution in [3.8, 4) is 5.75 Å². The molecule has 2 rings (SSSR count). The number of benzene rings is 2. The first-order chi connectivity index (χ1) is 9.49. The van der Waals surface area contributed by atoms with Crippen LogP contribution in [0.15, 0.2) is 42.5 Å². The SMILES string of the molecule is Cc1cc(O)cc(C)c1[C@@H](N)[C@@H](O)Cc1ccccc1. The van der Waals surface area contributed by atoms with E-state index in [0.29, 0.717) is 6.42 Å². The van der Waals surface area contributed by atoms with Crippen LogP contribution in [-0.4, -0.2) is 16.3 Å². The highest BCUT2D eigenvalue weighted by atomic mass is 16.3. The van der Waals surface area contributed by atoms with Gasteiger partial charge < -0.3 is 15.9 Å². The van der Waals surface area contributed by atoms with Crippen molar-refractivity contribution in [1.29, 1.82) is 0 Å². The summed E-state index contributed by atoms with van der Waals surface area (Å²) >= 11 is 0. The molecule has 0 aliphatic rings. The Morgan fingerprint density at radius 1 is 1.05 bits per heavy atom. The molecule has 0 saturated heterocycles. The van der Waals surface area contributed by atoms with Crippen LogP contribution in [0.1, 0.15) is 28.3 Å². The van der Waals surface area contributed by atoms with E-state index in [2.05, 4.69) is 0 Å². The average molecular weight is 271 g/mol. The van der Waals surface area contributed by atoms with Crippen molar-refractivity contribution < 1.29 is 10.2 Å². The smallest absolute Gasteiger partial charge is 0.116 e. The zero-order valence-electron chi connectivity index (χ0n) is 11.9. The normalized spacial score (nSPS) is 14.0. The van der Waals surface area contributed by atoms with E-state index in [1.807, 2.05) is 44.2 Å². The number of aryl methyl sites for hydroxylation is 2. The molecule has 2 atom stereocenters. The van der Waals surface area contributed by atoms with E-state index < -0.39 is 12.1 Å².